The highest BCUT2D eigenvalue weighted by molar-refractivity contribution is 6.30. The molecule has 2 rings (SSSR count). The number of hydrogen-bond donors (Lipinski definition) is 1. The van der Waals surface area contributed by atoms with Gasteiger partial charge in [0, 0.05) is 11.2 Å². The number of carbonyl (C=O) groups is 1. The monoisotopic (exact) mass is 249 g/mol. The molecule has 0 unspecified atom stereocenters. The van der Waals surface area contributed by atoms with Crippen molar-refractivity contribution in [2.75, 3.05) is 0 Å². The first-order chi connectivity index (χ1) is 8.16. The van der Waals surface area contributed by atoms with Crippen LogP contribution in [0.1, 0.15) is 10.4 Å². The molecule has 5 heteroatoms. The van der Waals surface area contributed by atoms with Gasteiger partial charge in [-0.05, 0) is 30.3 Å². The summed E-state index contributed by atoms with van der Waals surface area (Å²) in [5, 5.41) is 9.46. The molecule has 2 aromatic rings. The van der Waals surface area contributed by atoms with Crippen molar-refractivity contribution in [1.82, 2.24) is 4.98 Å². The third-order valence-electron chi connectivity index (χ3n) is 2.01. The number of nitrogens with zero attached hydrogens (tertiary/aromatic N) is 1. The molecule has 0 saturated carbocycles. The van der Waals surface area contributed by atoms with Gasteiger partial charge in [0.1, 0.15) is 11.3 Å². The largest absolute Gasteiger partial charge is 0.477 e. The number of aromatic carboxylic acids is 1. The number of halogens is 1. The van der Waals surface area contributed by atoms with Crippen molar-refractivity contribution < 1.29 is 14.6 Å². The number of rotatable bonds is 3. The van der Waals surface area contributed by atoms with Crippen LogP contribution in [0.5, 0.6) is 11.6 Å². The third kappa shape index (κ3) is 2.73. The van der Waals surface area contributed by atoms with E-state index in [2.05, 4.69) is 4.98 Å². The number of aromatic nitrogens is 1. The average molecular weight is 250 g/mol. The summed E-state index contributed by atoms with van der Waals surface area (Å²) >= 11 is 5.80. The van der Waals surface area contributed by atoms with Gasteiger partial charge in [-0.25, -0.2) is 9.78 Å². The molecule has 0 amide bonds. The highest BCUT2D eigenvalue weighted by atomic mass is 35.5. The standard InChI is InChI=1S/C12H8ClNO3/c13-8-3-1-4-9(7-8)17-11-10(12(15)16)5-2-6-14-11/h1-7H,(H,15,16). The summed E-state index contributed by atoms with van der Waals surface area (Å²) in [6, 6.07) is 9.63. The van der Waals surface area contributed by atoms with Gasteiger partial charge in [0.15, 0.2) is 0 Å². The zero-order valence-corrected chi connectivity index (χ0v) is 9.39. The molecular formula is C12H8ClNO3. The van der Waals surface area contributed by atoms with Crippen LogP contribution in [-0.4, -0.2) is 16.1 Å². The summed E-state index contributed by atoms with van der Waals surface area (Å²) in [5.41, 5.74) is 0.00692. The first kappa shape index (κ1) is 11.4. The van der Waals surface area contributed by atoms with E-state index < -0.39 is 5.97 Å². The van der Waals surface area contributed by atoms with Crippen LogP contribution < -0.4 is 4.74 Å². The van der Waals surface area contributed by atoms with Crippen LogP contribution in [0.2, 0.25) is 5.02 Å². The number of hydrogen-bond acceptors (Lipinski definition) is 3. The lowest BCUT2D eigenvalue weighted by Gasteiger charge is -2.06. The van der Waals surface area contributed by atoms with Crippen molar-refractivity contribution in [2.24, 2.45) is 0 Å². The second-order valence-electron chi connectivity index (χ2n) is 3.22. The van der Waals surface area contributed by atoms with E-state index in [-0.39, 0.29) is 11.4 Å². The quantitative estimate of drug-likeness (QED) is 0.907. The molecule has 1 heterocycles. The van der Waals surface area contributed by atoms with Crippen LogP contribution in [0.15, 0.2) is 42.6 Å². The summed E-state index contributed by atoms with van der Waals surface area (Å²) < 4.78 is 5.38. The Labute approximate surface area is 102 Å². The van der Waals surface area contributed by atoms with Crippen molar-refractivity contribution in [2.45, 2.75) is 0 Å². The Hall–Kier alpha value is -2.07. The van der Waals surface area contributed by atoms with Crippen molar-refractivity contribution in [3.63, 3.8) is 0 Å². The predicted octanol–water partition coefficient (Wildman–Crippen LogP) is 3.23. The van der Waals surface area contributed by atoms with Crippen molar-refractivity contribution in [1.29, 1.82) is 0 Å². The Bertz CT molecular complexity index is 557. The molecular weight excluding hydrogens is 242 g/mol. The molecule has 1 aromatic carbocycles. The summed E-state index contributed by atoms with van der Waals surface area (Å²) in [6.45, 7) is 0. The number of pyridine rings is 1. The maximum Gasteiger partial charge on any atom is 0.341 e. The van der Waals surface area contributed by atoms with E-state index in [1.165, 1.54) is 18.3 Å². The summed E-state index contributed by atoms with van der Waals surface area (Å²) in [5.74, 6) is -0.601. The van der Waals surface area contributed by atoms with Gasteiger partial charge in [-0.2, -0.15) is 0 Å². The van der Waals surface area contributed by atoms with Gasteiger partial charge >= 0.3 is 5.97 Å². The van der Waals surface area contributed by atoms with Crippen LogP contribution in [0.3, 0.4) is 0 Å². The Morgan fingerprint density at radius 1 is 1.29 bits per heavy atom. The Kier molecular flexibility index (Phi) is 3.25. The first-order valence-electron chi connectivity index (χ1n) is 4.78. The number of ether oxygens (including phenoxy) is 1. The fourth-order valence-electron chi connectivity index (χ4n) is 1.28. The molecule has 0 atom stereocenters. The van der Waals surface area contributed by atoms with Gasteiger partial charge < -0.3 is 9.84 Å². The maximum absolute atomic E-state index is 10.9. The van der Waals surface area contributed by atoms with E-state index in [1.807, 2.05) is 0 Å². The fraction of sp³-hybridized carbons (Fsp3) is 0. The highest BCUT2D eigenvalue weighted by Gasteiger charge is 2.12. The predicted molar refractivity (Wildman–Crippen MR) is 62.7 cm³/mol. The van der Waals surface area contributed by atoms with Gasteiger partial charge in [-0.15, -0.1) is 0 Å². The van der Waals surface area contributed by atoms with Crippen molar-refractivity contribution in [3.05, 3.63) is 53.2 Å². The van der Waals surface area contributed by atoms with Crippen molar-refractivity contribution in [3.8, 4) is 11.6 Å². The number of benzene rings is 1. The van der Waals surface area contributed by atoms with E-state index >= 15 is 0 Å². The minimum absolute atomic E-state index is 0.00692. The van der Waals surface area contributed by atoms with Gasteiger partial charge in [-0.3, -0.25) is 0 Å². The minimum atomic E-state index is -1.09. The molecule has 0 aliphatic carbocycles. The second kappa shape index (κ2) is 4.84. The molecule has 0 radical (unpaired) electrons. The Morgan fingerprint density at radius 3 is 2.82 bits per heavy atom. The van der Waals surface area contributed by atoms with E-state index in [0.29, 0.717) is 10.8 Å². The van der Waals surface area contributed by atoms with Crippen LogP contribution in [0.25, 0.3) is 0 Å². The smallest absolute Gasteiger partial charge is 0.341 e. The molecule has 0 fully saturated rings. The molecule has 1 N–H and O–H groups in total. The third-order valence-corrected chi connectivity index (χ3v) is 2.25. The average Bonchev–Trinajstić information content (AvgIpc) is 2.29. The molecule has 0 spiro atoms. The lowest BCUT2D eigenvalue weighted by Crippen LogP contribution is -2.01. The van der Waals surface area contributed by atoms with Gasteiger partial charge in [0.05, 0.1) is 0 Å². The topological polar surface area (TPSA) is 59.4 Å². The normalized spacial score (nSPS) is 9.94. The SMILES string of the molecule is O=C(O)c1cccnc1Oc1cccc(Cl)c1. The van der Waals surface area contributed by atoms with E-state index in [1.54, 1.807) is 24.3 Å². The zero-order chi connectivity index (χ0) is 12.3. The van der Waals surface area contributed by atoms with Crippen LogP contribution in [-0.2, 0) is 0 Å². The van der Waals surface area contributed by atoms with E-state index in [0.717, 1.165) is 0 Å². The number of carboxylic acids is 1. The first-order valence-corrected chi connectivity index (χ1v) is 5.16. The summed E-state index contributed by atoms with van der Waals surface area (Å²) in [7, 11) is 0. The molecule has 17 heavy (non-hydrogen) atoms. The lowest BCUT2D eigenvalue weighted by molar-refractivity contribution is 0.0693. The number of carboxylic acid groups (broad SMARTS) is 1. The molecule has 0 bridgehead atoms. The highest BCUT2D eigenvalue weighted by Crippen LogP contribution is 2.25. The Morgan fingerprint density at radius 2 is 2.12 bits per heavy atom. The van der Waals surface area contributed by atoms with Crippen molar-refractivity contribution >= 4 is 17.6 Å². The van der Waals surface area contributed by atoms with Gasteiger partial charge in [0.25, 0.3) is 0 Å². The fourth-order valence-corrected chi connectivity index (χ4v) is 1.46. The lowest BCUT2D eigenvalue weighted by atomic mass is 10.3. The van der Waals surface area contributed by atoms with Gasteiger partial charge in [0.2, 0.25) is 5.88 Å². The second-order valence-corrected chi connectivity index (χ2v) is 3.66. The van der Waals surface area contributed by atoms with E-state index in [4.69, 9.17) is 21.4 Å². The summed E-state index contributed by atoms with van der Waals surface area (Å²) in [6.07, 6.45) is 1.46. The van der Waals surface area contributed by atoms with Crippen LogP contribution in [0, 0.1) is 0 Å². The minimum Gasteiger partial charge on any atom is -0.477 e. The van der Waals surface area contributed by atoms with Crippen LogP contribution in [0.4, 0.5) is 0 Å². The Balaban J connectivity index is 2.33. The molecule has 0 aliphatic rings. The molecule has 4 nitrogen and oxygen atoms in total. The molecule has 1 aromatic heterocycles. The zero-order valence-electron chi connectivity index (χ0n) is 8.63. The molecule has 86 valence electrons. The maximum atomic E-state index is 10.9. The molecule has 0 aliphatic heterocycles. The summed E-state index contributed by atoms with van der Waals surface area (Å²) in [4.78, 5) is 14.8. The van der Waals surface area contributed by atoms with E-state index in [9.17, 15) is 4.79 Å². The van der Waals surface area contributed by atoms with Crippen LogP contribution >= 0.6 is 11.6 Å². The van der Waals surface area contributed by atoms with Gasteiger partial charge in [-0.1, -0.05) is 17.7 Å². The molecule has 0 saturated heterocycles.